The second-order valence-electron chi connectivity index (χ2n) is 7.01. The number of carbonyl (C=O) groups excluding carboxylic acids is 1. The van der Waals surface area contributed by atoms with Gasteiger partial charge in [0.15, 0.2) is 5.16 Å². The molecule has 4 rings (SSSR count). The number of anilines is 1. The number of hydrogen-bond acceptors (Lipinski definition) is 4. The molecule has 0 aliphatic heterocycles. The van der Waals surface area contributed by atoms with Crippen molar-refractivity contribution in [3.05, 3.63) is 88.8 Å². The molecule has 0 saturated heterocycles. The molecule has 1 atom stereocenters. The quantitative estimate of drug-likeness (QED) is 0.443. The lowest BCUT2D eigenvalue weighted by molar-refractivity contribution is -0.115. The first kappa shape index (κ1) is 20.0. The predicted octanol–water partition coefficient (Wildman–Crippen LogP) is 4.09. The van der Waals surface area contributed by atoms with E-state index in [2.05, 4.69) is 15.5 Å². The van der Waals surface area contributed by atoms with Crippen molar-refractivity contribution in [2.75, 3.05) is 5.32 Å². The van der Waals surface area contributed by atoms with Gasteiger partial charge in [-0.1, -0.05) is 72.4 Å². The van der Waals surface area contributed by atoms with E-state index in [1.807, 2.05) is 79.7 Å². The van der Waals surface area contributed by atoms with Crippen LogP contribution in [0, 0.1) is 0 Å². The van der Waals surface area contributed by atoms with Crippen LogP contribution < -0.4 is 11.0 Å². The Labute approximate surface area is 178 Å². The van der Waals surface area contributed by atoms with Gasteiger partial charge in [0.1, 0.15) is 0 Å². The maximum atomic E-state index is 12.7. The highest BCUT2D eigenvalue weighted by Gasteiger charge is 2.19. The minimum Gasteiger partial charge on any atom is -0.325 e. The van der Waals surface area contributed by atoms with Crippen LogP contribution in [-0.2, 0) is 17.8 Å². The summed E-state index contributed by atoms with van der Waals surface area (Å²) >= 11 is 1.27. The lowest BCUT2D eigenvalue weighted by Crippen LogP contribution is -2.24. The Balaban J connectivity index is 1.42. The SMILES string of the molecule is CC(Sc1n[nH]c(=O)n1CCc1ccccc1)C(=O)Nc1ccc2ccccc2c1. The van der Waals surface area contributed by atoms with Crippen molar-refractivity contribution in [1.29, 1.82) is 0 Å². The van der Waals surface area contributed by atoms with Crippen LogP contribution in [0.5, 0.6) is 0 Å². The van der Waals surface area contributed by atoms with E-state index in [-0.39, 0.29) is 11.6 Å². The third kappa shape index (κ3) is 4.63. The summed E-state index contributed by atoms with van der Waals surface area (Å²) in [5.74, 6) is -0.139. The molecule has 30 heavy (non-hydrogen) atoms. The molecule has 7 heteroatoms. The van der Waals surface area contributed by atoms with Gasteiger partial charge in [0.25, 0.3) is 0 Å². The summed E-state index contributed by atoms with van der Waals surface area (Å²) in [7, 11) is 0. The van der Waals surface area contributed by atoms with Crippen LogP contribution in [0.15, 0.2) is 82.7 Å². The molecular weight excluding hydrogens is 396 g/mol. The zero-order valence-corrected chi connectivity index (χ0v) is 17.4. The summed E-state index contributed by atoms with van der Waals surface area (Å²) < 4.78 is 1.58. The van der Waals surface area contributed by atoms with E-state index < -0.39 is 5.25 Å². The van der Waals surface area contributed by atoms with Crippen molar-refractivity contribution in [2.45, 2.75) is 30.3 Å². The van der Waals surface area contributed by atoms with Gasteiger partial charge in [-0.05, 0) is 41.8 Å². The summed E-state index contributed by atoms with van der Waals surface area (Å²) in [4.78, 5) is 24.9. The second kappa shape index (κ2) is 9.00. The van der Waals surface area contributed by atoms with Crippen molar-refractivity contribution in [3.8, 4) is 0 Å². The molecule has 0 spiro atoms. The number of H-pyrrole nitrogens is 1. The first-order valence-electron chi connectivity index (χ1n) is 9.75. The number of rotatable bonds is 7. The average Bonchev–Trinajstić information content (AvgIpc) is 3.11. The molecule has 4 aromatic rings. The Kier molecular flexibility index (Phi) is 5.99. The fraction of sp³-hybridized carbons (Fsp3) is 0.174. The smallest absolute Gasteiger partial charge is 0.325 e. The van der Waals surface area contributed by atoms with Crippen LogP contribution >= 0.6 is 11.8 Å². The van der Waals surface area contributed by atoms with E-state index in [1.54, 1.807) is 4.57 Å². The van der Waals surface area contributed by atoms with Gasteiger partial charge in [-0.15, -0.1) is 5.10 Å². The van der Waals surface area contributed by atoms with E-state index >= 15 is 0 Å². The molecular formula is C23H22N4O2S. The molecule has 1 unspecified atom stereocenters. The molecule has 0 aliphatic rings. The molecule has 1 aromatic heterocycles. The maximum absolute atomic E-state index is 12.7. The lowest BCUT2D eigenvalue weighted by atomic mass is 10.1. The predicted molar refractivity (Wildman–Crippen MR) is 121 cm³/mol. The molecule has 3 aromatic carbocycles. The van der Waals surface area contributed by atoms with Crippen LogP contribution in [0.2, 0.25) is 0 Å². The van der Waals surface area contributed by atoms with Gasteiger partial charge >= 0.3 is 5.69 Å². The summed E-state index contributed by atoms with van der Waals surface area (Å²) in [6.45, 7) is 2.31. The van der Waals surface area contributed by atoms with Crippen LogP contribution in [0.3, 0.4) is 0 Å². The van der Waals surface area contributed by atoms with Crippen molar-refractivity contribution in [3.63, 3.8) is 0 Å². The average molecular weight is 419 g/mol. The number of carbonyl (C=O) groups is 1. The standard InChI is InChI=1S/C23H22N4O2S/c1-16(21(28)24-20-12-11-18-9-5-6-10-19(18)15-20)30-23-26-25-22(29)27(23)14-13-17-7-3-2-4-8-17/h2-12,15-16H,13-14H2,1H3,(H,24,28)(H,25,29). The fourth-order valence-corrected chi connectivity index (χ4v) is 4.08. The van der Waals surface area contributed by atoms with Crippen molar-refractivity contribution in [2.24, 2.45) is 0 Å². The lowest BCUT2D eigenvalue weighted by Gasteiger charge is -2.13. The molecule has 0 fully saturated rings. The number of aryl methyl sites for hydroxylation is 1. The van der Waals surface area contributed by atoms with E-state index in [0.717, 1.165) is 22.0 Å². The Morgan fingerprint density at radius 1 is 1.07 bits per heavy atom. The zero-order valence-electron chi connectivity index (χ0n) is 16.5. The molecule has 6 nitrogen and oxygen atoms in total. The van der Waals surface area contributed by atoms with E-state index in [1.165, 1.54) is 11.8 Å². The third-order valence-corrected chi connectivity index (χ3v) is 5.95. The number of benzene rings is 3. The summed E-state index contributed by atoms with van der Waals surface area (Å²) in [6.07, 6.45) is 0.714. The van der Waals surface area contributed by atoms with Gasteiger partial charge < -0.3 is 5.32 Å². The number of fused-ring (bicyclic) bond motifs is 1. The Bertz CT molecular complexity index is 1220. The van der Waals surface area contributed by atoms with Crippen molar-refractivity contribution in [1.82, 2.24) is 14.8 Å². The fourth-order valence-electron chi connectivity index (χ4n) is 3.20. The molecule has 1 amide bonds. The normalized spacial score (nSPS) is 12.0. The highest BCUT2D eigenvalue weighted by molar-refractivity contribution is 8.00. The molecule has 0 saturated carbocycles. The third-order valence-electron chi connectivity index (χ3n) is 4.86. The van der Waals surface area contributed by atoms with E-state index in [0.29, 0.717) is 18.1 Å². The Hall–Kier alpha value is -3.32. The summed E-state index contributed by atoms with van der Waals surface area (Å²) in [6, 6.07) is 23.8. The molecule has 0 bridgehead atoms. The van der Waals surface area contributed by atoms with Gasteiger partial charge in [0, 0.05) is 12.2 Å². The van der Waals surface area contributed by atoms with Crippen LogP contribution in [0.25, 0.3) is 10.8 Å². The van der Waals surface area contributed by atoms with Gasteiger partial charge in [0.05, 0.1) is 5.25 Å². The number of amides is 1. The molecule has 152 valence electrons. The van der Waals surface area contributed by atoms with Gasteiger partial charge in [-0.3, -0.25) is 9.36 Å². The van der Waals surface area contributed by atoms with Crippen molar-refractivity contribution >= 4 is 34.1 Å². The van der Waals surface area contributed by atoms with E-state index in [4.69, 9.17) is 0 Å². The molecule has 0 aliphatic carbocycles. The Morgan fingerprint density at radius 2 is 1.80 bits per heavy atom. The first-order valence-corrected chi connectivity index (χ1v) is 10.6. The first-order chi connectivity index (χ1) is 14.6. The number of aromatic amines is 1. The highest BCUT2D eigenvalue weighted by atomic mass is 32.2. The van der Waals surface area contributed by atoms with Crippen LogP contribution in [0.1, 0.15) is 12.5 Å². The van der Waals surface area contributed by atoms with E-state index in [9.17, 15) is 9.59 Å². The minimum absolute atomic E-state index is 0.139. The molecule has 0 radical (unpaired) electrons. The largest absolute Gasteiger partial charge is 0.343 e. The van der Waals surface area contributed by atoms with Gasteiger partial charge in [0.2, 0.25) is 5.91 Å². The van der Waals surface area contributed by atoms with Gasteiger partial charge in [-0.2, -0.15) is 0 Å². The topological polar surface area (TPSA) is 79.8 Å². The van der Waals surface area contributed by atoms with Crippen molar-refractivity contribution < 1.29 is 4.79 Å². The summed E-state index contributed by atoms with van der Waals surface area (Å²) in [5.41, 5.74) is 1.62. The van der Waals surface area contributed by atoms with Gasteiger partial charge in [-0.25, -0.2) is 9.89 Å². The number of nitrogens with one attached hydrogen (secondary N) is 2. The molecule has 2 N–H and O–H groups in total. The number of nitrogens with zero attached hydrogens (tertiary/aromatic N) is 2. The highest BCUT2D eigenvalue weighted by Crippen LogP contribution is 2.23. The number of hydrogen-bond donors (Lipinski definition) is 2. The minimum atomic E-state index is -0.415. The Morgan fingerprint density at radius 3 is 2.60 bits per heavy atom. The van der Waals surface area contributed by atoms with Crippen LogP contribution in [0.4, 0.5) is 5.69 Å². The number of aromatic nitrogens is 3. The second-order valence-corrected chi connectivity index (χ2v) is 8.32. The maximum Gasteiger partial charge on any atom is 0.343 e. The molecule has 1 heterocycles. The van der Waals surface area contributed by atoms with Crippen LogP contribution in [-0.4, -0.2) is 25.9 Å². The zero-order chi connectivity index (χ0) is 20.9. The number of thioether (sulfide) groups is 1. The summed E-state index contributed by atoms with van der Waals surface area (Å²) in [5, 5.41) is 11.8. The monoisotopic (exact) mass is 418 g/mol.